The van der Waals surface area contributed by atoms with Crippen LogP contribution >= 0.6 is 31.9 Å². The second-order valence-corrected chi connectivity index (χ2v) is 5.33. The summed E-state index contributed by atoms with van der Waals surface area (Å²) in [7, 11) is 0. The second kappa shape index (κ2) is 5.51. The van der Waals surface area contributed by atoms with Crippen molar-refractivity contribution in [1.29, 1.82) is 5.26 Å². The van der Waals surface area contributed by atoms with Crippen molar-refractivity contribution in [3.63, 3.8) is 0 Å². The van der Waals surface area contributed by atoms with Crippen LogP contribution in [0.15, 0.2) is 45.3 Å². The summed E-state index contributed by atoms with van der Waals surface area (Å²) in [6.07, 6.45) is 0. The maximum Gasteiger partial charge on any atom is 0.143 e. The molecule has 2 aromatic carbocycles. The molecular weight excluding hydrogens is 363 g/mol. The van der Waals surface area contributed by atoms with Crippen LogP contribution in [0.3, 0.4) is 0 Å². The van der Waals surface area contributed by atoms with Crippen LogP contribution in [0.1, 0.15) is 5.56 Å². The van der Waals surface area contributed by atoms with Gasteiger partial charge in [0.15, 0.2) is 0 Å². The third-order valence-electron chi connectivity index (χ3n) is 2.30. The standard InChI is InChI=1S/C13H7Br2FN2/c14-9-2-4-11(15)13(5-9)18-10-3-1-8(7-17)12(16)6-10/h1-6,18H. The molecule has 0 fully saturated rings. The normalized spacial score (nSPS) is 9.89. The van der Waals surface area contributed by atoms with E-state index >= 15 is 0 Å². The fourth-order valence-corrected chi connectivity index (χ4v) is 2.14. The number of anilines is 2. The molecule has 0 spiro atoms. The molecule has 0 saturated heterocycles. The van der Waals surface area contributed by atoms with Gasteiger partial charge in [0.25, 0.3) is 0 Å². The van der Waals surface area contributed by atoms with Crippen LogP contribution in [0.25, 0.3) is 0 Å². The minimum atomic E-state index is -0.534. The van der Waals surface area contributed by atoms with E-state index in [1.807, 2.05) is 18.2 Å². The molecule has 0 aliphatic heterocycles. The zero-order valence-electron chi connectivity index (χ0n) is 9.05. The molecule has 0 aliphatic rings. The van der Waals surface area contributed by atoms with Crippen LogP contribution in [-0.2, 0) is 0 Å². The van der Waals surface area contributed by atoms with Gasteiger partial charge in [0.1, 0.15) is 11.9 Å². The topological polar surface area (TPSA) is 35.8 Å². The monoisotopic (exact) mass is 368 g/mol. The number of nitrogens with one attached hydrogen (secondary N) is 1. The number of hydrogen-bond acceptors (Lipinski definition) is 2. The molecule has 0 amide bonds. The Labute approximate surface area is 121 Å². The van der Waals surface area contributed by atoms with Gasteiger partial charge in [-0.1, -0.05) is 15.9 Å². The van der Waals surface area contributed by atoms with Crippen LogP contribution in [0.4, 0.5) is 15.8 Å². The number of benzene rings is 2. The predicted octanol–water partition coefficient (Wildman–Crippen LogP) is 4.97. The minimum absolute atomic E-state index is 0.0360. The molecule has 0 aromatic heterocycles. The van der Waals surface area contributed by atoms with Gasteiger partial charge in [0.2, 0.25) is 0 Å². The van der Waals surface area contributed by atoms with Crippen LogP contribution in [0, 0.1) is 17.1 Å². The van der Waals surface area contributed by atoms with E-state index in [0.717, 1.165) is 14.6 Å². The van der Waals surface area contributed by atoms with Crippen LogP contribution < -0.4 is 5.32 Å². The van der Waals surface area contributed by atoms with Gasteiger partial charge in [0, 0.05) is 14.6 Å². The summed E-state index contributed by atoms with van der Waals surface area (Å²) < 4.78 is 15.2. The molecule has 0 bridgehead atoms. The Hall–Kier alpha value is -1.38. The van der Waals surface area contributed by atoms with E-state index in [1.165, 1.54) is 12.1 Å². The van der Waals surface area contributed by atoms with Gasteiger partial charge in [-0.25, -0.2) is 4.39 Å². The SMILES string of the molecule is N#Cc1ccc(Nc2cc(Br)ccc2Br)cc1F. The first-order valence-electron chi connectivity index (χ1n) is 5.02. The highest BCUT2D eigenvalue weighted by molar-refractivity contribution is 9.11. The van der Waals surface area contributed by atoms with Gasteiger partial charge in [0.05, 0.1) is 11.3 Å². The third kappa shape index (κ3) is 2.89. The summed E-state index contributed by atoms with van der Waals surface area (Å²) in [5, 5.41) is 11.7. The zero-order valence-corrected chi connectivity index (χ0v) is 12.2. The van der Waals surface area contributed by atoms with Gasteiger partial charge in [-0.05, 0) is 52.3 Å². The molecule has 18 heavy (non-hydrogen) atoms. The maximum absolute atomic E-state index is 13.4. The first-order chi connectivity index (χ1) is 8.60. The smallest absolute Gasteiger partial charge is 0.143 e. The summed E-state index contributed by atoms with van der Waals surface area (Å²) >= 11 is 6.77. The van der Waals surface area contributed by atoms with Crippen molar-refractivity contribution >= 4 is 43.2 Å². The van der Waals surface area contributed by atoms with Crippen LogP contribution in [-0.4, -0.2) is 0 Å². The molecule has 5 heteroatoms. The minimum Gasteiger partial charge on any atom is -0.354 e. The van der Waals surface area contributed by atoms with E-state index in [9.17, 15) is 4.39 Å². The average molecular weight is 370 g/mol. The number of halogens is 3. The van der Waals surface area contributed by atoms with E-state index in [4.69, 9.17) is 5.26 Å². The van der Waals surface area contributed by atoms with E-state index in [2.05, 4.69) is 37.2 Å². The molecule has 0 heterocycles. The number of nitrogens with zero attached hydrogens (tertiary/aromatic N) is 1. The maximum atomic E-state index is 13.4. The Kier molecular flexibility index (Phi) is 4.00. The largest absolute Gasteiger partial charge is 0.354 e. The Morgan fingerprint density at radius 3 is 2.56 bits per heavy atom. The van der Waals surface area contributed by atoms with E-state index in [0.29, 0.717) is 5.69 Å². The molecule has 0 aliphatic carbocycles. The van der Waals surface area contributed by atoms with Gasteiger partial charge in [-0.2, -0.15) is 5.26 Å². The fourth-order valence-electron chi connectivity index (χ4n) is 1.43. The highest BCUT2D eigenvalue weighted by Crippen LogP contribution is 2.29. The lowest BCUT2D eigenvalue weighted by Crippen LogP contribution is -1.93. The average Bonchev–Trinajstić information content (AvgIpc) is 2.34. The summed E-state index contributed by atoms with van der Waals surface area (Å²) in [6.45, 7) is 0. The molecule has 90 valence electrons. The highest BCUT2D eigenvalue weighted by atomic mass is 79.9. The summed E-state index contributed by atoms with van der Waals surface area (Å²) in [6, 6.07) is 11.8. The Bertz CT molecular complexity index is 635. The van der Waals surface area contributed by atoms with Crippen molar-refractivity contribution in [1.82, 2.24) is 0 Å². The Balaban J connectivity index is 2.32. The second-order valence-electron chi connectivity index (χ2n) is 3.56. The highest BCUT2D eigenvalue weighted by Gasteiger charge is 2.05. The van der Waals surface area contributed by atoms with E-state index < -0.39 is 5.82 Å². The summed E-state index contributed by atoms with van der Waals surface area (Å²) in [5.74, 6) is -0.534. The predicted molar refractivity (Wildman–Crippen MR) is 76.2 cm³/mol. The molecule has 0 saturated carbocycles. The van der Waals surface area contributed by atoms with Gasteiger partial charge >= 0.3 is 0 Å². The molecule has 0 radical (unpaired) electrons. The Morgan fingerprint density at radius 2 is 1.89 bits per heavy atom. The number of hydrogen-bond donors (Lipinski definition) is 1. The molecule has 0 unspecified atom stereocenters. The van der Waals surface area contributed by atoms with Crippen molar-refractivity contribution in [3.05, 3.63) is 56.7 Å². The number of nitriles is 1. The number of rotatable bonds is 2. The molecular formula is C13H7Br2FN2. The molecule has 0 atom stereocenters. The van der Waals surface area contributed by atoms with Gasteiger partial charge < -0.3 is 5.32 Å². The van der Waals surface area contributed by atoms with Crippen molar-refractivity contribution in [2.45, 2.75) is 0 Å². The Morgan fingerprint density at radius 1 is 1.11 bits per heavy atom. The molecule has 2 aromatic rings. The van der Waals surface area contributed by atoms with Crippen molar-refractivity contribution < 1.29 is 4.39 Å². The van der Waals surface area contributed by atoms with Gasteiger partial charge in [-0.15, -0.1) is 0 Å². The molecule has 1 N–H and O–H groups in total. The van der Waals surface area contributed by atoms with Crippen molar-refractivity contribution in [2.24, 2.45) is 0 Å². The quantitative estimate of drug-likeness (QED) is 0.811. The van der Waals surface area contributed by atoms with Crippen molar-refractivity contribution in [3.8, 4) is 6.07 Å². The van der Waals surface area contributed by atoms with Crippen molar-refractivity contribution in [2.75, 3.05) is 5.32 Å². The van der Waals surface area contributed by atoms with E-state index in [1.54, 1.807) is 12.1 Å². The summed E-state index contributed by atoms with van der Waals surface area (Å²) in [5.41, 5.74) is 1.44. The van der Waals surface area contributed by atoms with Gasteiger partial charge in [-0.3, -0.25) is 0 Å². The van der Waals surface area contributed by atoms with Crippen LogP contribution in [0.5, 0.6) is 0 Å². The first-order valence-corrected chi connectivity index (χ1v) is 6.60. The lowest BCUT2D eigenvalue weighted by Gasteiger charge is -2.09. The first kappa shape index (κ1) is 13.1. The molecule has 2 rings (SSSR count). The van der Waals surface area contributed by atoms with Crippen LogP contribution in [0.2, 0.25) is 0 Å². The zero-order chi connectivity index (χ0) is 13.1. The lowest BCUT2D eigenvalue weighted by atomic mass is 10.2. The fraction of sp³-hybridized carbons (Fsp3) is 0. The molecule has 2 nitrogen and oxygen atoms in total. The summed E-state index contributed by atoms with van der Waals surface area (Å²) in [4.78, 5) is 0. The third-order valence-corrected chi connectivity index (χ3v) is 3.48. The van der Waals surface area contributed by atoms with E-state index in [-0.39, 0.29) is 5.56 Å². The lowest BCUT2D eigenvalue weighted by molar-refractivity contribution is 0.624.